The van der Waals surface area contributed by atoms with Crippen molar-refractivity contribution in [3.63, 3.8) is 0 Å². The average Bonchev–Trinajstić information content (AvgIpc) is 2.44. The highest BCUT2D eigenvalue weighted by atomic mass is 35.6. The molecular formula is C12H14Cl3O6PS. The molecule has 1 aliphatic heterocycles. The Hall–Kier alpha value is 0.150. The van der Waals surface area contributed by atoms with Gasteiger partial charge in [-0.1, -0.05) is 53.0 Å². The van der Waals surface area contributed by atoms with Gasteiger partial charge in [0.2, 0.25) is 9.64 Å². The highest BCUT2D eigenvalue weighted by molar-refractivity contribution is 7.87. The van der Waals surface area contributed by atoms with Gasteiger partial charge >= 0.3 is 7.60 Å². The van der Waals surface area contributed by atoms with E-state index >= 15 is 0 Å². The molecular weight excluding hydrogens is 410 g/mol. The van der Waals surface area contributed by atoms with Crippen LogP contribution < -0.4 is 0 Å². The molecule has 0 amide bonds. The molecule has 130 valence electrons. The molecule has 0 aliphatic carbocycles. The quantitative estimate of drug-likeness (QED) is 0.412. The van der Waals surface area contributed by atoms with Gasteiger partial charge in [0.25, 0.3) is 10.1 Å². The number of alkyl halides is 3. The predicted molar refractivity (Wildman–Crippen MR) is 87.5 cm³/mol. The van der Waals surface area contributed by atoms with Crippen molar-refractivity contribution in [2.75, 3.05) is 6.61 Å². The first kappa shape index (κ1) is 19.5. The maximum Gasteiger partial charge on any atom is 0.365 e. The van der Waals surface area contributed by atoms with Crippen LogP contribution in [-0.2, 0) is 27.9 Å². The predicted octanol–water partition coefficient (Wildman–Crippen LogP) is 4.11. The number of hydrogen-bond donors (Lipinski definition) is 0. The van der Waals surface area contributed by atoms with Crippen molar-refractivity contribution < 1.29 is 26.2 Å². The zero-order valence-corrected chi connectivity index (χ0v) is 15.9. The Kier molecular flexibility index (Phi) is 6.08. The fraction of sp³-hybridized carbons (Fsp3) is 0.500. The zero-order valence-electron chi connectivity index (χ0n) is 11.9. The third-order valence-electron chi connectivity index (χ3n) is 2.94. The van der Waals surface area contributed by atoms with Gasteiger partial charge in [-0.05, 0) is 25.5 Å². The van der Waals surface area contributed by atoms with Crippen LogP contribution in [0.1, 0.15) is 13.3 Å². The number of hydrogen-bond acceptors (Lipinski definition) is 6. The summed E-state index contributed by atoms with van der Waals surface area (Å²) in [6.07, 6.45) is 0.0228. The maximum atomic E-state index is 12.8. The van der Waals surface area contributed by atoms with E-state index in [1.807, 2.05) is 0 Å². The van der Waals surface area contributed by atoms with Crippen LogP contribution >= 0.6 is 42.4 Å². The van der Waals surface area contributed by atoms with Gasteiger partial charge < -0.3 is 9.05 Å². The Morgan fingerprint density at radius 1 is 1.30 bits per heavy atom. The molecule has 0 spiro atoms. The minimum atomic E-state index is -4.33. The van der Waals surface area contributed by atoms with E-state index in [0.717, 1.165) is 0 Å². The summed E-state index contributed by atoms with van der Waals surface area (Å²) in [7, 11) is -8.45. The van der Waals surface area contributed by atoms with Gasteiger partial charge in [-0.3, -0.25) is 4.57 Å². The molecule has 0 radical (unpaired) electrons. The number of halogens is 3. The Balaban J connectivity index is 2.36. The lowest BCUT2D eigenvalue weighted by Gasteiger charge is -2.35. The van der Waals surface area contributed by atoms with E-state index in [0.29, 0.717) is 6.42 Å². The molecule has 0 aromatic heterocycles. The molecule has 1 aliphatic rings. The van der Waals surface area contributed by atoms with Gasteiger partial charge in [0.05, 0.1) is 17.6 Å². The molecule has 3 atom stereocenters. The summed E-state index contributed by atoms with van der Waals surface area (Å²) >= 11 is 17.3. The lowest BCUT2D eigenvalue weighted by molar-refractivity contribution is 0.0699. The minimum absolute atomic E-state index is 0.0738. The van der Waals surface area contributed by atoms with Crippen molar-refractivity contribution in [2.45, 2.75) is 34.0 Å². The van der Waals surface area contributed by atoms with Crippen LogP contribution in [0.4, 0.5) is 0 Å². The van der Waals surface area contributed by atoms with Gasteiger partial charge in [0.1, 0.15) is 0 Å². The second-order valence-corrected chi connectivity index (χ2v) is 10.8. The van der Waals surface area contributed by atoms with Crippen LogP contribution in [0.25, 0.3) is 0 Å². The van der Waals surface area contributed by atoms with Crippen molar-refractivity contribution in [3.8, 4) is 0 Å². The number of rotatable bonds is 4. The van der Waals surface area contributed by atoms with Crippen LogP contribution in [0.3, 0.4) is 0 Å². The normalized spacial score (nSPS) is 27.6. The molecule has 1 aromatic carbocycles. The molecule has 1 fully saturated rings. The SMILES string of the molecule is C[C@@H]1CCO[P@](=O)([C@@H](OS(=O)(=O)c2ccccc2)C(Cl)(Cl)Cl)O1. The summed E-state index contributed by atoms with van der Waals surface area (Å²) in [4.78, 5) is -0.170. The van der Waals surface area contributed by atoms with E-state index in [-0.39, 0.29) is 11.5 Å². The topological polar surface area (TPSA) is 78.9 Å². The van der Waals surface area contributed by atoms with Crippen molar-refractivity contribution in [1.82, 2.24) is 0 Å². The molecule has 1 saturated heterocycles. The highest BCUT2D eigenvalue weighted by Gasteiger charge is 2.54. The Labute approximate surface area is 149 Å². The van der Waals surface area contributed by atoms with E-state index in [2.05, 4.69) is 0 Å². The average molecular weight is 424 g/mol. The molecule has 0 bridgehead atoms. The molecule has 11 heteroatoms. The second-order valence-electron chi connectivity index (χ2n) is 4.84. The summed E-state index contributed by atoms with van der Waals surface area (Å²) < 4.78 is 50.4. The fourth-order valence-electron chi connectivity index (χ4n) is 1.85. The van der Waals surface area contributed by atoms with Crippen LogP contribution in [0.15, 0.2) is 35.2 Å². The maximum absolute atomic E-state index is 12.8. The molecule has 0 saturated carbocycles. The summed E-state index contributed by atoms with van der Waals surface area (Å²) in [5.41, 5.74) is 0. The molecule has 2 rings (SSSR count). The first-order valence-corrected chi connectivity index (χ1v) is 10.7. The van der Waals surface area contributed by atoms with Crippen molar-refractivity contribution >= 4 is 52.5 Å². The zero-order chi connectivity index (χ0) is 17.3. The van der Waals surface area contributed by atoms with Crippen molar-refractivity contribution in [1.29, 1.82) is 0 Å². The standard InChI is InChI=1S/C12H14Cl3O6PS/c1-9-7-8-19-22(16,20-9)11(12(13,14)15)21-23(17,18)10-5-3-2-4-6-10/h2-6,9,11H,7-8H2,1H3/t9-,11-,22-/m1/s1. The van der Waals surface area contributed by atoms with Gasteiger partial charge in [-0.2, -0.15) is 8.42 Å². The molecule has 1 aromatic rings. The molecule has 0 N–H and O–H groups in total. The lowest BCUT2D eigenvalue weighted by Crippen LogP contribution is -2.35. The number of benzene rings is 1. The fourth-order valence-corrected chi connectivity index (χ4v) is 6.60. The van der Waals surface area contributed by atoms with Gasteiger partial charge in [0.15, 0.2) is 0 Å². The van der Waals surface area contributed by atoms with Crippen molar-refractivity contribution in [3.05, 3.63) is 30.3 Å². The summed E-state index contributed by atoms with van der Waals surface area (Å²) in [5, 5.41) is 0. The minimum Gasteiger partial charge on any atom is -0.307 e. The highest BCUT2D eigenvalue weighted by Crippen LogP contribution is 2.63. The van der Waals surface area contributed by atoms with E-state index in [4.69, 9.17) is 48.0 Å². The van der Waals surface area contributed by atoms with Crippen LogP contribution in [-0.4, -0.2) is 30.8 Å². The first-order valence-electron chi connectivity index (χ1n) is 6.52. The summed E-state index contributed by atoms with van der Waals surface area (Å²) in [6, 6.07) is 7.22. The molecule has 1 heterocycles. The van der Waals surface area contributed by atoms with Gasteiger partial charge in [-0.25, -0.2) is 4.18 Å². The van der Waals surface area contributed by atoms with Crippen molar-refractivity contribution in [2.24, 2.45) is 0 Å². The lowest BCUT2D eigenvalue weighted by atomic mass is 10.3. The monoisotopic (exact) mass is 422 g/mol. The Morgan fingerprint density at radius 2 is 1.91 bits per heavy atom. The van der Waals surface area contributed by atoms with E-state index in [1.165, 1.54) is 24.3 Å². The molecule has 6 nitrogen and oxygen atoms in total. The van der Waals surface area contributed by atoms with Crippen LogP contribution in [0.2, 0.25) is 0 Å². The largest absolute Gasteiger partial charge is 0.365 e. The van der Waals surface area contributed by atoms with E-state index in [1.54, 1.807) is 13.0 Å². The van der Waals surface area contributed by atoms with E-state index < -0.39 is 33.5 Å². The van der Waals surface area contributed by atoms with Crippen LogP contribution in [0.5, 0.6) is 0 Å². The molecule has 23 heavy (non-hydrogen) atoms. The Bertz CT molecular complexity index is 690. The molecule has 0 unspecified atom stereocenters. The summed E-state index contributed by atoms with van der Waals surface area (Å²) in [6.45, 7) is 1.72. The second kappa shape index (κ2) is 7.18. The Morgan fingerprint density at radius 3 is 2.43 bits per heavy atom. The third-order valence-corrected chi connectivity index (χ3v) is 7.69. The summed E-state index contributed by atoms with van der Waals surface area (Å²) in [5.74, 6) is -1.92. The van der Waals surface area contributed by atoms with Gasteiger partial charge in [0, 0.05) is 0 Å². The van der Waals surface area contributed by atoms with Crippen LogP contribution in [0, 0.1) is 0 Å². The van der Waals surface area contributed by atoms with E-state index in [9.17, 15) is 13.0 Å². The first-order chi connectivity index (χ1) is 10.5. The smallest absolute Gasteiger partial charge is 0.307 e. The van der Waals surface area contributed by atoms with Gasteiger partial charge in [-0.15, -0.1) is 0 Å². The third kappa shape index (κ3) is 4.83.